The Labute approximate surface area is 98.5 Å². The third kappa shape index (κ3) is 5.27. The van der Waals surface area contributed by atoms with Gasteiger partial charge in [0.2, 0.25) is 0 Å². The third-order valence-electron chi connectivity index (χ3n) is 2.43. The molecule has 0 spiro atoms. The second-order valence-electron chi connectivity index (χ2n) is 3.83. The third-order valence-corrected chi connectivity index (χ3v) is 3.78. The largest absolute Gasteiger partial charge is 0.123 e. The van der Waals surface area contributed by atoms with Crippen molar-refractivity contribution in [2.45, 2.75) is 49.7 Å². The van der Waals surface area contributed by atoms with Gasteiger partial charge in [0, 0.05) is 10.1 Å². The molecule has 0 aliphatic rings. The fourth-order valence-corrected chi connectivity index (χ4v) is 2.93. The van der Waals surface area contributed by atoms with Crippen LogP contribution >= 0.6 is 11.8 Å². The van der Waals surface area contributed by atoms with Crippen molar-refractivity contribution < 1.29 is 0 Å². The quantitative estimate of drug-likeness (QED) is 0.587. The smallest absolute Gasteiger partial charge is 0.00944 e. The number of hydrogen-bond acceptors (Lipinski definition) is 1. The summed E-state index contributed by atoms with van der Waals surface area (Å²) in [4.78, 5) is 1.41. The molecule has 0 aromatic heterocycles. The Bertz CT molecular complexity index is 243. The van der Waals surface area contributed by atoms with Gasteiger partial charge in [-0.25, -0.2) is 0 Å². The summed E-state index contributed by atoms with van der Waals surface area (Å²) in [5.74, 6) is 0. The van der Waals surface area contributed by atoms with Crippen LogP contribution in [0.5, 0.6) is 0 Å². The summed E-state index contributed by atoms with van der Waals surface area (Å²) in [7, 11) is 0. The van der Waals surface area contributed by atoms with Crippen LogP contribution in [-0.2, 0) is 0 Å². The van der Waals surface area contributed by atoms with Gasteiger partial charge in [0.15, 0.2) is 0 Å². The number of benzene rings is 1. The fourth-order valence-electron chi connectivity index (χ4n) is 1.63. The van der Waals surface area contributed by atoms with Crippen LogP contribution in [0.1, 0.15) is 39.5 Å². The number of thioether (sulfide) groups is 1. The maximum Gasteiger partial charge on any atom is 0.00944 e. The first-order valence-corrected chi connectivity index (χ1v) is 6.74. The maximum absolute atomic E-state index is 2.27. The summed E-state index contributed by atoms with van der Waals surface area (Å²) in [6.07, 6.45) is 7.43. The molecule has 1 radical (unpaired) electrons. The van der Waals surface area contributed by atoms with Gasteiger partial charge >= 0.3 is 0 Å². The SMILES string of the molecule is C[CH]CCC(CCC)Sc1ccccc1. The molecule has 0 bridgehead atoms. The number of hydrogen-bond donors (Lipinski definition) is 0. The van der Waals surface area contributed by atoms with Crippen LogP contribution in [0.15, 0.2) is 35.2 Å². The molecule has 15 heavy (non-hydrogen) atoms. The molecule has 0 nitrogen and oxygen atoms in total. The predicted octanol–water partition coefficient (Wildman–Crippen LogP) is 4.95. The molecule has 83 valence electrons. The van der Waals surface area contributed by atoms with Gasteiger partial charge in [0.05, 0.1) is 0 Å². The summed E-state index contributed by atoms with van der Waals surface area (Å²) in [6.45, 7) is 4.42. The van der Waals surface area contributed by atoms with Crippen LogP contribution in [0.2, 0.25) is 0 Å². The fraction of sp³-hybridized carbons (Fsp3) is 0.500. The Morgan fingerprint density at radius 3 is 2.53 bits per heavy atom. The van der Waals surface area contributed by atoms with Gasteiger partial charge < -0.3 is 0 Å². The van der Waals surface area contributed by atoms with Crippen LogP contribution in [0.4, 0.5) is 0 Å². The highest BCUT2D eigenvalue weighted by molar-refractivity contribution is 8.00. The van der Waals surface area contributed by atoms with Crippen LogP contribution in [0, 0.1) is 6.42 Å². The summed E-state index contributed by atoms with van der Waals surface area (Å²) in [6, 6.07) is 10.7. The van der Waals surface area contributed by atoms with Gasteiger partial charge in [-0.05, 0) is 37.8 Å². The summed E-state index contributed by atoms with van der Waals surface area (Å²) >= 11 is 2.03. The van der Waals surface area contributed by atoms with E-state index in [0.29, 0.717) is 0 Å². The van der Waals surface area contributed by atoms with E-state index in [4.69, 9.17) is 0 Å². The van der Waals surface area contributed by atoms with Crippen molar-refractivity contribution in [3.63, 3.8) is 0 Å². The van der Waals surface area contributed by atoms with Crippen molar-refractivity contribution in [2.24, 2.45) is 0 Å². The number of rotatable bonds is 7. The molecule has 0 N–H and O–H groups in total. The molecule has 1 aromatic carbocycles. The van der Waals surface area contributed by atoms with E-state index in [0.717, 1.165) is 5.25 Å². The van der Waals surface area contributed by atoms with Crippen LogP contribution < -0.4 is 0 Å². The van der Waals surface area contributed by atoms with E-state index < -0.39 is 0 Å². The Kier molecular flexibility index (Phi) is 6.58. The molecule has 1 atom stereocenters. The number of unbranched alkanes of at least 4 members (excludes halogenated alkanes) is 1. The molecule has 0 aliphatic carbocycles. The lowest BCUT2D eigenvalue weighted by atomic mass is 10.1. The predicted molar refractivity (Wildman–Crippen MR) is 70.2 cm³/mol. The lowest BCUT2D eigenvalue weighted by Crippen LogP contribution is -2.01. The molecule has 0 amide bonds. The zero-order valence-corrected chi connectivity index (χ0v) is 10.6. The minimum atomic E-state index is 0.786. The average Bonchev–Trinajstić information content (AvgIpc) is 2.28. The summed E-state index contributed by atoms with van der Waals surface area (Å²) < 4.78 is 0. The second kappa shape index (κ2) is 7.81. The van der Waals surface area contributed by atoms with Crippen molar-refractivity contribution in [3.05, 3.63) is 36.8 Å². The zero-order chi connectivity index (χ0) is 10.9. The van der Waals surface area contributed by atoms with Gasteiger partial charge in [-0.2, -0.15) is 0 Å². The van der Waals surface area contributed by atoms with Crippen molar-refractivity contribution >= 4 is 11.8 Å². The highest BCUT2D eigenvalue weighted by Crippen LogP contribution is 2.29. The lowest BCUT2D eigenvalue weighted by Gasteiger charge is -2.15. The average molecular weight is 221 g/mol. The van der Waals surface area contributed by atoms with Gasteiger partial charge in [0.25, 0.3) is 0 Å². The van der Waals surface area contributed by atoms with Crippen molar-refractivity contribution in [1.82, 2.24) is 0 Å². The van der Waals surface area contributed by atoms with Gasteiger partial charge in [-0.1, -0.05) is 38.5 Å². The molecular weight excluding hydrogens is 200 g/mol. The van der Waals surface area contributed by atoms with Crippen molar-refractivity contribution in [1.29, 1.82) is 0 Å². The molecular formula is C14H21S. The van der Waals surface area contributed by atoms with Gasteiger partial charge in [-0.15, -0.1) is 11.8 Å². The molecule has 0 saturated heterocycles. The maximum atomic E-state index is 2.27. The highest BCUT2D eigenvalue weighted by atomic mass is 32.2. The van der Waals surface area contributed by atoms with Crippen LogP contribution in [0.25, 0.3) is 0 Å². The molecule has 1 unspecified atom stereocenters. The molecule has 1 aromatic rings. The van der Waals surface area contributed by atoms with Crippen LogP contribution in [-0.4, -0.2) is 5.25 Å². The molecule has 0 aliphatic heterocycles. The Hall–Kier alpha value is -0.430. The molecule has 1 heteroatoms. The van der Waals surface area contributed by atoms with E-state index in [2.05, 4.69) is 50.6 Å². The van der Waals surface area contributed by atoms with E-state index in [1.165, 1.54) is 30.6 Å². The first-order valence-electron chi connectivity index (χ1n) is 5.86. The Morgan fingerprint density at radius 2 is 1.93 bits per heavy atom. The van der Waals surface area contributed by atoms with E-state index >= 15 is 0 Å². The minimum absolute atomic E-state index is 0.786. The topological polar surface area (TPSA) is 0 Å². The minimum Gasteiger partial charge on any atom is -0.123 e. The van der Waals surface area contributed by atoms with Gasteiger partial charge in [0.1, 0.15) is 0 Å². The van der Waals surface area contributed by atoms with Crippen LogP contribution in [0.3, 0.4) is 0 Å². The monoisotopic (exact) mass is 221 g/mol. The van der Waals surface area contributed by atoms with Crippen molar-refractivity contribution in [3.8, 4) is 0 Å². The zero-order valence-electron chi connectivity index (χ0n) is 9.78. The first kappa shape index (κ1) is 12.6. The Morgan fingerprint density at radius 1 is 1.20 bits per heavy atom. The Balaban J connectivity index is 2.43. The van der Waals surface area contributed by atoms with E-state index in [1.807, 2.05) is 11.8 Å². The second-order valence-corrected chi connectivity index (χ2v) is 5.20. The van der Waals surface area contributed by atoms with Gasteiger partial charge in [-0.3, -0.25) is 0 Å². The van der Waals surface area contributed by atoms with E-state index in [-0.39, 0.29) is 0 Å². The van der Waals surface area contributed by atoms with E-state index in [1.54, 1.807) is 0 Å². The standard InChI is InChI=1S/C14H21S/c1-3-5-10-13(9-4-2)15-14-11-7-6-8-12-14/h3,6-8,11-13H,4-5,9-10H2,1-2H3. The summed E-state index contributed by atoms with van der Waals surface area (Å²) in [5, 5.41) is 0.786. The van der Waals surface area contributed by atoms with Crippen molar-refractivity contribution in [2.75, 3.05) is 0 Å². The normalized spacial score (nSPS) is 12.7. The molecule has 0 heterocycles. The highest BCUT2D eigenvalue weighted by Gasteiger charge is 2.08. The van der Waals surface area contributed by atoms with E-state index in [9.17, 15) is 0 Å². The molecule has 0 fully saturated rings. The molecule has 1 rings (SSSR count). The summed E-state index contributed by atoms with van der Waals surface area (Å²) in [5.41, 5.74) is 0. The lowest BCUT2D eigenvalue weighted by molar-refractivity contribution is 0.679. The first-order chi connectivity index (χ1) is 7.36. The molecule has 0 saturated carbocycles.